The Balaban J connectivity index is 2.34. The molecule has 0 radical (unpaired) electrons. The van der Waals surface area contributed by atoms with Gasteiger partial charge in [-0.15, -0.1) is 0 Å². The normalized spacial score (nSPS) is 11.8. The summed E-state index contributed by atoms with van der Waals surface area (Å²) in [6.07, 6.45) is -4.36. The summed E-state index contributed by atoms with van der Waals surface area (Å²) in [7, 11) is 0. The first-order chi connectivity index (χ1) is 8.41. The van der Waals surface area contributed by atoms with Crippen LogP contribution in [0.15, 0.2) is 28.7 Å². The monoisotopic (exact) mass is 257 g/mol. The van der Waals surface area contributed by atoms with Crippen LogP contribution in [0.4, 0.5) is 13.2 Å². The molecule has 0 aliphatic rings. The lowest BCUT2D eigenvalue weighted by atomic mass is 10.1. The van der Waals surface area contributed by atoms with Gasteiger partial charge in [0.25, 0.3) is 0 Å². The quantitative estimate of drug-likeness (QED) is 0.898. The highest BCUT2D eigenvalue weighted by molar-refractivity contribution is 5.54. The van der Waals surface area contributed by atoms with Crippen molar-refractivity contribution < 1.29 is 22.7 Å². The average molecular weight is 257 g/mol. The van der Waals surface area contributed by atoms with E-state index in [0.29, 0.717) is 17.0 Å². The highest BCUT2D eigenvalue weighted by Gasteiger charge is 2.30. The van der Waals surface area contributed by atoms with Crippen LogP contribution >= 0.6 is 0 Å². The third-order valence-corrected chi connectivity index (χ3v) is 2.50. The summed E-state index contributed by atoms with van der Waals surface area (Å²) in [4.78, 5) is 3.99. The van der Waals surface area contributed by atoms with E-state index in [0.717, 1.165) is 12.1 Å². The van der Waals surface area contributed by atoms with Crippen molar-refractivity contribution in [3.8, 4) is 11.5 Å². The molecule has 1 aromatic carbocycles. The Morgan fingerprint density at radius 1 is 1.22 bits per heavy atom. The maximum Gasteiger partial charge on any atom is 0.416 e. The number of alkyl halides is 3. The molecule has 0 saturated heterocycles. The molecule has 0 aliphatic heterocycles. The van der Waals surface area contributed by atoms with E-state index in [-0.39, 0.29) is 12.5 Å². The Hall–Kier alpha value is -1.82. The minimum Gasteiger partial charge on any atom is -0.441 e. The third kappa shape index (κ3) is 2.38. The van der Waals surface area contributed by atoms with Crippen LogP contribution in [-0.4, -0.2) is 10.1 Å². The molecule has 6 heteroatoms. The molecule has 2 aromatic rings. The fraction of sp³-hybridized carbons (Fsp3) is 0.250. The van der Waals surface area contributed by atoms with Crippen LogP contribution in [0, 0.1) is 6.92 Å². The van der Waals surface area contributed by atoms with E-state index in [9.17, 15) is 13.2 Å². The SMILES string of the molecule is Cc1oc(-c2ccc(C(F)(F)F)cc2)nc1CO. The second kappa shape index (κ2) is 4.45. The fourth-order valence-electron chi connectivity index (χ4n) is 1.50. The number of nitrogens with zero attached hydrogens (tertiary/aromatic N) is 1. The number of aryl methyl sites for hydroxylation is 1. The van der Waals surface area contributed by atoms with Gasteiger partial charge in [0, 0.05) is 5.56 Å². The van der Waals surface area contributed by atoms with Crippen molar-refractivity contribution in [2.45, 2.75) is 19.7 Å². The number of rotatable bonds is 2. The zero-order valence-electron chi connectivity index (χ0n) is 9.45. The van der Waals surface area contributed by atoms with Gasteiger partial charge in [-0.05, 0) is 31.2 Å². The molecule has 1 N–H and O–H groups in total. The van der Waals surface area contributed by atoms with E-state index in [4.69, 9.17) is 9.52 Å². The van der Waals surface area contributed by atoms with Crippen LogP contribution in [0.25, 0.3) is 11.5 Å². The van der Waals surface area contributed by atoms with Crippen molar-refractivity contribution in [3.05, 3.63) is 41.3 Å². The summed E-state index contributed by atoms with van der Waals surface area (Å²) in [5, 5.41) is 8.96. The van der Waals surface area contributed by atoms with E-state index in [1.54, 1.807) is 6.92 Å². The zero-order valence-corrected chi connectivity index (χ0v) is 9.45. The maximum atomic E-state index is 12.4. The van der Waals surface area contributed by atoms with Crippen LogP contribution in [0.3, 0.4) is 0 Å². The predicted molar refractivity (Wildman–Crippen MR) is 57.6 cm³/mol. The number of aliphatic hydroxyl groups excluding tert-OH is 1. The van der Waals surface area contributed by atoms with Gasteiger partial charge >= 0.3 is 6.18 Å². The van der Waals surface area contributed by atoms with E-state index in [1.807, 2.05) is 0 Å². The van der Waals surface area contributed by atoms with Gasteiger partial charge in [0.2, 0.25) is 5.89 Å². The molecule has 18 heavy (non-hydrogen) atoms. The number of hydrogen-bond donors (Lipinski definition) is 1. The first-order valence-electron chi connectivity index (χ1n) is 5.16. The molecule has 0 amide bonds. The van der Waals surface area contributed by atoms with Gasteiger partial charge < -0.3 is 9.52 Å². The number of aliphatic hydroxyl groups is 1. The first-order valence-corrected chi connectivity index (χ1v) is 5.16. The molecule has 96 valence electrons. The van der Waals surface area contributed by atoms with Crippen LogP contribution in [0.2, 0.25) is 0 Å². The molecule has 1 heterocycles. The van der Waals surface area contributed by atoms with E-state index >= 15 is 0 Å². The van der Waals surface area contributed by atoms with Crippen molar-refractivity contribution >= 4 is 0 Å². The van der Waals surface area contributed by atoms with Crippen LogP contribution < -0.4 is 0 Å². The molecular formula is C12H10F3NO2. The number of oxazole rings is 1. The Morgan fingerprint density at radius 3 is 2.28 bits per heavy atom. The van der Waals surface area contributed by atoms with Crippen molar-refractivity contribution in [2.24, 2.45) is 0 Å². The minimum atomic E-state index is -4.36. The summed E-state index contributed by atoms with van der Waals surface area (Å²) < 4.78 is 42.4. The molecule has 0 unspecified atom stereocenters. The van der Waals surface area contributed by atoms with E-state index in [1.165, 1.54) is 12.1 Å². The largest absolute Gasteiger partial charge is 0.441 e. The molecule has 3 nitrogen and oxygen atoms in total. The van der Waals surface area contributed by atoms with Crippen LogP contribution in [0.5, 0.6) is 0 Å². The maximum absolute atomic E-state index is 12.4. The summed E-state index contributed by atoms with van der Waals surface area (Å²) in [6, 6.07) is 4.51. The number of hydrogen-bond acceptors (Lipinski definition) is 3. The Morgan fingerprint density at radius 2 is 1.83 bits per heavy atom. The fourth-order valence-corrected chi connectivity index (χ4v) is 1.50. The average Bonchev–Trinajstić information content (AvgIpc) is 2.69. The Labute approximate surface area is 101 Å². The predicted octanol–water partition coefficient (Wildman–Crippen LogP) is 3.16. The Bertz CT molecular complexity index is 543. The molecule has 0 atom stereocenters. The van der Waals surface area contributed by atoms with Crippen molar-refractivity contribution in [1.29, 1.82) is 0 Å². The van der Waals surface area contributed by atoms with Gasteiger partial charge in [0.15, 0.2) is 0 Å². The summed E-state index contributed by atoms with van der Waals surface area (Å²) in [6.45, 7) is 1.36. The summed E-state index contributed by atoms with van der Waals surface area (Å²) in [5.74, 6) is 0.651. The van der Waals surface area contributed by atoms with Crippen molar-refractivity contribution in [1.82, 2.24) is 4.98 Å². The second-order valence-electron chi connectivity index (χ2n) is 3.76. The Kier molecular flexibility index (Phi) is 3.13. The standard InChI is InChI=1S/C12H10F3NO2/c1-7-10(6-17)16-11(18-7)8-2-4-9(5-3-8)12(13,14)15/h2-5,17H,6H2,1H3. The highest BCUT2D eigenvalue weighted by Crippen LogP contribution is 2.31. The van der Waals surface area contributed by atoms with Gasteiger partial charge in [0.05, 0.1) is 12.2 Å². The minimum absolute atomic E-state index is 0.199. The third-order valence-electron chi connectivity index (χ3n) is 2.50. The van der Waals surface area contributed by atoms with Crippen LogP contribution in [-0.2, 0) is 12.8 Å². The first kappa shape index (κ1) is 12.6. The molecule has 0 spiro atoms. The van der Waals surface area contributed by atoms with Gasteiger partial charge in [-0.1, -0.05) is 0 Å². The smallest absolute Gasteiger partial charge is 0.416 e. The molecule has 0 fully saturated rings. The van der Waals surface area contributed by atoms with Gasteiger partial charge in [-0.25, -0.2) is 4.98 Å². The molecule has 0 aliphatic carbocycles. The number of halogens is 3. The molecular weight excluding hydrogens is 247 g/mol. The van der Waals surface area contributed by atoms with Crippen molar-refractivity contribution in [3.63, 3.8) is 0 Å². The molecule has 2 rings (SSSR count). The lowest BCUT2D eigenvalue weighted by Crippen LogP contribution is -2.03. The van der Waals surface area contributed by atoms with Crippen molar-refractivity contribution in [2.75, 3.05) is 0 Å². The van der Waals surface area contributed by atoms with Gasteiger partial charge in [-0.2, -0.15) is 13.2 Å². The topological polar surface area (TPSA) is 46.3 Å². The zero-order chi connectivity index (χ0) is 13.3. The van der Waals surface area contributed by atoms with Crippen LogP contribution in [0.1, 0.15) is 17.0 Å². The second-order valence-corrected chi connectivity index (χ2v) is 3.76. The highest BCUT2D eigenvalue weighted by atomic mass is 19.4. The summed E-state index contributed by atoms with van der Waals surface area (Å²) in [5.41, 5.74) is 0.0904. The van der Waals surface area contributed by atoms with Gasteiger partial charge in [-0.3, -0.25) is 0 Å². The lowest BCUT2D eigenvalue weighted by molar-refractivity contribution is -0.137. The molecule has 0 saturated carbocycles. The van der Waals surface area contributed by atoms with E-state index < -0.39 is 11.7 Å². The molecule has 1 aromatic heterocycles. The van der Waals surface area contributed by atoms with E-state index in [2.05, 4.69) is 4.98 Å². The number of benzene rings is 1. The lowest BCUT2D eigenvalue weighted by Gasteiger charge is -2.05. The summed E-state index contributed by atoms with van der Waals surface area (Å²) >= 11 is 0. The molecule has 0 bridgehead atoms. The van der Waals surface area contributed by atoms with Gasteiger partial charge in [0.1, 0.15) is 11.5 Å². The number of aromatic nitrogens is 1.